The molecule has 0 saturated heterocycles. The Morgan fingerprint density at radius 3 is 2.54 bits per heavy atom. The van der Waals surface area contributed by atoms with Crippen molar-refractivity contribution in [3.63, 3.8) is 0 Å². The van der Waals surface area contributed by atoms with Crippen LogP contribution in [0.4, 0.5) is 0 Å². The molecular weight excluding hydrogens is 336 g/mol. The number of hydrogen-bond acceptors (Lipinski definition) is 7. The Hall–Kier alpha value is -3.00. The van der Waals surface area contributed by atoms with Gasteiger partial charge in [-0.25, -0.2) is 0 Å². The molecule has 8 heteroatoms. The van der Waals surface area contributed by atoms with Crippen molar-refractivity contribution in [1.29, 1.82) is 0 Å². The van der Waals surface area contributed by atoms with Crippen LogP contribution in [0.2, 0.25) is 0 Å². The number of aliphatic hydroxyl groups is 1. The fraction of sp³-hybridized carbons (Fsp3) is 0.333. The molecule has 0 bridgehead atoms. The normalized spacial score (nSPS) is 20.5. The summed E-state index contributed by atoms with van der Waals surface area (Å²) in [5.74, 6) is 0.894. The Morgan fingerprint density at radius 1 is 1.19 bits per heavy atom. The molecule has 1 fully saturated rings. The van der Waals surface area contributed by atoms with Gasteiger partial charge >= 0.3 is 0 Å². The van der Waals surface area contributed by atoms with Gasteiger partial charge in [0.25, 0.3) is 11.8 Å². The van der Waals surface area contributed by atoms with Crippen LogP contribution < -0.4 is 5.73 Å². The monoisotopic (exact) mass is 354 g/mol. The van der Waals surface area contributed by atoms with Gasteiger partial charge in [0.15, 0.2) is 17.3 Å². The van der Waals surface area contributed by atoms with E-state index in [9.17, 15) is 9.90 Å². The number of nitrogens with zero attached hydrogens (tertiary/aromatic N) is 3. The van der Waals surface area contributed by atoms with E-state index in [-0.39, 0.29) is 23.4 Å². The van der Waals surface area contributed by atoms with Crippen LogP contribution in [-0.2, 0) is 0 Å². The molecule has 0 radical (unpaired) electrons. The van der Waals surface area contributed by atoms with Crippen LogP contribution in [0.3, 0.4) is 0 Å². The second-order valence-electron chi connectivity index (χ2n) is 6.54. The van der Waals surface area contributed by atoms with Crippen LogP contribution in [-0.4, -0.2) is 26.3 Å². The topological polar surface area (TPSA) is 128 Å². The minimum atomic E-state index is -0.795. The summed E-state index contributed by atoms with van der Waals surface area (Å²) in [6.07, 6.45) is 0.650. The molecule has 1 atom stereocenters. The molecule has 26 heavy (non-hydrogen) atoms. The zero-order valence-corrected chi connectivity index (χ0v) is 14.1. The fourth-order valence-corrected chi connectivity index (χ4v) is 3.30. The van der Waals surface area contributed by atoms with Crippen molar-refractivity contribution in [2.45, 2.75) is 37.7 Å². The third kappa shape index (κ3) is 2.78. The van der Waals surface area contributed by atoms with Crippen molar-refractivity contribution in [2.24, 2.45) is 5.73 Å². The number of carbonyl (C=O) groups is 1. The van der Waals surface area contributed by atoms with E-state index in [0.717, 1.165) is 24.0 Å². The first-order valence-electron chi connectivity index (χ1n) is 8.41. The first-order chi connectivity index (χ1) is 12.5. The predicted octanol–water partition coefficient (Wildman–Crippen LogP) is 2.54. The minimum absolute atomic E-state index is 0.0671. The maximum Gasteiger partial charge on any atom is 0.271 e. The van der Waals surface area contributed by atoms with Crippen LogP contribution >= 0.6 is 0 Å². The summed E-state index contributed by atoms with van der Waals surface area (Å²) < 4.78 is 10.5. The molecule has 0 aliphatic heterocycles. The first kappa shape index (κ1) is 16.5. The maximum atomic E-state index is 11.8. The molecule has 134 valence electrons. The highest BCUT2D eigenvalue weighted by Crippen LogP contribution is 2.50. The van der Waals surface area contributed by atoms with Crippen LogP contribution in [0.1, 0.15) is 65.5 Å². The molecule has 1 aliphatic carbocycles. The third-order valence-corrected chi connectivity index (χ3v) is 4.72. The van der Waals surface area contributed by atoms with E-state index in [1.54, 1.807) is 6.92 Å². The van der Waals surface area contributed by atoms with Crippen LogP contribution in [0.25, 0.3) is 11.3 Å². The lowest BCUT2D eigenvalue weighted by Gasteiger charge is -2.33. The Morgan fingerprint density at radius 2 is 1.92 bits per heavy atom. The van der Waals surface area contributed by atoms with Crippen molar-refractivity contribution in [1.82, 2.24) is 15.3 Å². The van der Waals surface area contributed by atoms with Gasteiger partial charge < -0.3 is 19.9 Å². The smallest absolute Gasteiger partial charge is 0.271 e. The van der Waals surface area contributed by atoms with Gasteiger partial charge in [-0.1, -0.05) is 40.6 Å². The number of amides is 1. The Labute approximate surface area is 149 Å². The second kappa shape index (κ2) is 6.38. The summed E-state index contributed by atoms with van der Waals surface area (Å²) >= 11 is 0. The molecule has 1 amide bonds. The van der Waals surface area contributed by atoms with Crippen molar-refractivity contribution in [3.8, 4) is 11.3 Å². The average molecular weight is 354 g/mol. The highest BCUT2D eigenvalue weighted by atomic mass is 16.5. The van der Waals surface area contributed by atoms with Gasteiger partial charge in [-0.05, 0) is 25.7 Å². The first-order valence-corrected chi connectivity index (χ1v) is 8.41. The van der Waals surface area contributed by atoms with Crippen molar-refractivity contribution in [3.05, 3.63) is 53.3 Å². The van der Waals surface area contributed by atoms with Crippen LogP contribution in [0.5, 0.6) is 0 Å². The highest BCUT2D eigenvalue weighted by molar-refractivity contribution is 5.94. The van der Waals surface area contributed by atoms with Gasteiger partial charge in [0.1, 0.15) is 6.10 Å². The molecule has 8 nitrogen and oxygen atoms in total. The molecule has 2 heterocycles. The van der Waals surface area contributed by atoms with Crippen molar-refractivity contribution < 1.29 is 18.9 Å². The molecule has 1 aliphatic rings. The zero-order chi connectivity index (χ0) is 18.3. The molecule has 1 saturated carbocycles. The molecule has 2 aromatic heterocycles. The molecule has 0 unspecified atom stereocenters. The van der Waals surface area contributed by atoms with Gasteiger partial charge in [-0.2, -0.15) is 4.98 Å². The highest BCUT2D eigenvalue weighted by Gasteiger charge is 2.40. The summed E-state index contributed by atoms with van der Waals surface area (Å²) in [4.78, 5) is 16.0. The zero-order valence-electron chi connectivity index (χ0n) is 14.1. The summed E-state index contributed by atoms with van der Waals surface area (Å²) in [5, 5.41) is 17.3. The van der Waals surface area contributed by atoms with Gasteiger partial charge in [-0.3, -0.25) is 4.79 Å². The fourth-order valence-electron chi connectivity index (χ4n) is 3.30. The molecule has 4 rings (SSSR count). The minimum Gasteiger partial charge on any atom is -0.384 e. The summed E-state index contributed by atoms with van der Waals surface area (Å²) in [6, 6.07) is 9.50. The number of aliphatic hydroxyl groups excluding tert-OH is 1. The average Bonchev–Trinajstić information content (AvgIpc) is 3.22. The molecule has 1 aromatic carbocycles. The molecule has 0 spiro atoms. The molecular formula is C18H18N4O4. The van der Waals surface area contributed by atoms with Gasteiger partial charge in [-0.15, -0.1) is 0 Å². The van der Waals surface area contributed by atoms with E-state index < -0.39 is 12.0 Å². The lowest BCUT2D eigenvalue weighted by Crippen LogP contribution is -2.24. The Balaban J connectivity index is 1.60. The number of rotatable bonds is 5. The van der Waals surface area contributed by atoms with Gasteiger partial charge in [0.2, 0.25) is 0 Å². The second-order valence-corrected chi connectivity index (χ2v) is 6.54. The molecule has 3 aromatic rings. The lowest BCUT2D eigenvalue weighted by atomic mass is 9.70. The maximum absolute atomic E-state index is 11.8. The lowest BCUT2D eigenvalue weighted by molar-refractivity contribution is 0.0989. The van der Waals surface area contributed by atoms with Crippen LogP contribution in [0.15, 0.2) is 39.4 Å². The quantitative estimate of drug-likeness (QED) is 0.720. The number of aromatic nitrogens is 3. The van der Waals surface area contributed by atoms with Crippen molar-refractivity contribution >= 4 is 5.91 Å². The van der Waals surface area contributed by atoms with Crippen molar-refractivity contribution in [2.75, 3.05) is 0 Å². The largest absolute Gasteiger partial charge is 0.384 e. The number of benzene rings is 1. The van der Waals surface area contributed by atoms with E-state index in [1.165, 1.54) is 0 Å². The summed E-state index contributed by atoms with van der Waals surface area (Å²) in [7, 11) is 0. The van der Waals surface area contributed by atoms with Gasteiger partial charge in [0.05, 0.1) is 0 Å². The number of primary amides is 1. The van der Waals surface area contributed by atoms with E-state index >= 15 is 0 Å². The van der Waals surface area contributed by atoms with E-state index in [4.69, 9.17) is 14.8 Å². The number of nitrogens with two attached hydrogens (primary N) is 1. The van der Waals surface area contributed by atoms with Gasteiger partial charge in [0, 0.05) is 17.0 Å². The number of hydrogen-bond donors (Lipinski definition) is 2. The van der Waals surface area contributed by atoms with Crippen LogP contribution in [0, 0.1) is 0 Å². The summed E-state index contributed by atoms with van der Waals surface area (Å²) in [6.45, 7) is 1.57. The SMILES string of the molecule is C[C@H](O)c1nc(C2CC(c3c(C(N)=O)noc3-c3ccccc3)C2)no1. The molecule has 3 N–H and O–H groups in total. The van der Waals surface area contributed by atoms with E-state index in [2.05, 4.69) is 15.3 Å². The Bertz CT molecular complexity index is 926. The third-order valence-electron chi connectivity index (χ3n) is 4.72. The number of carbonyl (C=O) groups excluding carboxylic acids is 1. The standard InChI is InChI=1S/C18H18N4O4/c1-9(23)18-20-17(22-26-18)12-7-11(8-12)13-14(16(19)24)21-25-15(13)10-5-3-2-4-6-10/h2-6,9,11-12,23H,7-8H2,1H3,(H2,19,24)/t9-,11?,12?/m0/s1. The summed E-state index contributed by atoms with van der Waals surface area (Å²) in [5.41, 5.74) is 7.23. The van der Waals surface area contributed by atoms with E-state index in [1.807, 2.05) is 30.3 Å². The predicted molar refractivity (Wildman–Crippen MR) is 90.1 cm³/mol. The Kier molecular flexibility index (Phi) is 4.04. The van der Waals surface area contributed by atoms with E-state index in [0.29, 0.717) is 11.6 Å².